The van der Waals surface area contributed by atoms with Crippen LogP contribution in [-0.2, 0) is 19.1 Å². The van der Waals surface area contributed by atoms with Crippen LogP contribution in [0.2, 0.25) is 5.02 Å². The summed E-state index contributed by atoms with van der Waals surface area (Å²) in [6, 6.07) is 5.18. The lowest BCUT2D eigenvalue weighted by atomic mass is 9.98. The summed E-state index contributed by atoms with van der Waals surface area (Å²) in [5, 5.41) is 3.23. The van der Waals surface area contributed by atoms with Crippen molar-refractivity contribution in [3.63, 3.8) is 0 Å². The molecule has 1 heterocycles. The maximum Gasteiger partial charge on any atom is 0.311 e. The molecule has 2 unspecified atom stereocenters. The maximum absolute atomic E-state index is 12.3. The van der Waals surface area contributed by atoms with Gasteiger partial charge in [0, 0.05) is 30.7 Å². The van der Waals surface area contributed by atoms with E-state index in [1.165, 1.54) is 13.8 Å². The smallest absolute Gasteiger partial charge is 0.311 e. The number of aryl methyl sites for hydroxylation is 1. The standard InChI is InChI=1S/C18H23ClN2O4/c1-11-6-7-15(19)9-16(11)20-17(23)12(2)25-18(24)14-5-4-8-21(10-14)13(3)22/h6-7,9,12,14H,4-5,8,10H2,1-3H3,(H,20,23). The number of anilines is 1. The number of benzene rings is 1. The molecule has 0 aromatic heterocycles. The lowest BCUT2D eigenvalue weighted by Crippen LogP contribution is -2.43. The molecular formula is C18H23ClN2O4. The molecule has 1 fully saturated rings. The highest BCUT2D eigenvalue weighted by molar-refractivity contribution is 6.31. The second kappa shape index (κ2) is 8.34. The molecular weight excluding hydrogens is 344 g/mol. The number of nitrogens with one attached hydrogen (secondary N) is 1. The van der Waals surface area contributed by atoms with Crippen LogP contribution in [0.15, 0.2) is 18.2 Å². The molecule has 0 radical (unpaired) electrons. The van der Waals surface area contributed by atoms with E-state index in [1.54, 1.807) is 23.1 Å². The van der Waals surface area contributed by atoms with Crippen molar-refractivity contribution in [3.05, 3.63) is 28.8 Å². The highest BCUT2D eigenvalue weighted by atomic mass is 35.5. The van der Waals surface area contributed by atoms with E-state index < -0.39 is 18.0 Å². The van der Waals surface area contributed by atoms with Crippen molar-refractivity contribution in [2.24, 2.45) is 5.92 Å². The number of esters is 1. The van der Waals surface area contributed by atoms with Gasteiger partial charge in [0.05, 0.1) is 5.92 Å². The summed E-state index contributed by atoms with van der Waals surface area (Å²) in [7, 11) is 0. The number of likely N-dealkylation sites (tertiary alicyclic amines) is 1. The van der Waals surface area contributed by atoms with E-state index in [1.807, 2.05) is 6.92 Å². The van der Waals surface area contributed by atoms with E-state index in [0.29, 0.717) is 30.2 Å². The first kappa shape index (κ1) is 19.2. The zero-order chi connectivity index (χ0) is 18.6. The Morgan fingerprint density at radius 2 is 2.08 bits per heavy atom. The quantitative estimate of drug-likeness (QED) is 0.831. The van der Waals surface area contributed by atoms with Crippen LogP contribution < -0.4 is 5.32 Å². The first-order valence-electron chi connectivity index (χ1n) is 8.31. The number of nitrogens with zero attached hydrogens (tertiary/aromatic N) is 1. The highest BCUT2D eigenvalue weighted by Crippen LogP contribution is 2.21. The Hall–Kier alpha value is -2.08. The number of ether oxygens (including phenoxy) is 1. The molecule has 25 heavy (non-hydrogen) atoms. The Morgan fingerprint density at radius 1 is 1.36 bits per heavy atom. The van der Waals surface area contributed by atoms with Crippen molar-refractivity contribution in [2.75, 3.05) is 18.4 Å². The van der Waals surface area contributed by atoms with Gasteiger partial charge in [0.25, 0.3) is 5.91 Å². The van der Waals surface area contributed by atoms with Crippen LogP contribution in [0.25, 0.3) is 0 Å². The van der Waals surface area contributed by atoms with Crippen molar-refractivity contribution in [3.8, 4) is 0 Å². The molecule has 2 rings (SSSR count). The van der Waals surface area contributed by atoms with Gasteiger partial charge in [-0.15, -0.1) is 0 Å². The summed E-state index contributed by atoms with van der Waals surface area (Å²) in [5.74, 6) is -1.31. The molecule has 7 heteroatoms. The normalized spacial score (nSPS) is 18.4. The first-order valence-corrected chi connectivity index (χ1v) is 8.68. The lowest BCUT2D eigenvalue weighted by Gasteiger charge is -2.31. The first-order chi connectivity index (χ1) is 11.8. The zero-order valence-electron chi connectivity index (χ0n) is 14.7. The summed E-state index contributed by atoms with van der Waals surface area (Å²) < 4.78 is 5.30. The Bertz CT molecular complexity index is 677. The highest BCUT2D eigenvalue weighted by Gasteiger charge is 2.30. The molecule has 0 spiro atoms. The van der Waals surface area contributed by atoms with E-state index in [2.05, 4.69) is 5.32 Å². The average molecular weight is 367 g/mol. The fraction of sp³-hybridized carbons (Fsp3) is 0.500. The molecule has 2 amide bonds. The van der Waals surface area contributed by atoms with Gasteiger partial charge in [-0.3, -0.25) is 14.4 Å². The third-order valence-electron chi connectivity index (χ3n) is 4.32. The van der Waals surface area contributed by atoms with Gasteiger partial charge in [-0.2, -0.15) is 0 Å². The number of hydrogen-bond donors (Lipinski definition) is 1. The molecule has 1 aromatic carbocycles. The van der Waals surface area contributed by atoms with E-state index in [4.69, 9.17) is 16.3 Å². The molecule has 0 aliphatic carbocycles. The van der Waals surface area contributed by atoms with E-state index in [-0.39, 0.29) is 11.8 Å². The molecule has 0 saturated carbocycles. The van der Waals surface area contributed by atoms with Crippen molar-refractivity contribution in [1.82, 2.24) is 4.90 Å². The number of halogens is 1. The van der Waals surface area contributed by atoms with Gasteiger partial charge in [0.15, 0.2) is 6.10 Å². The number of hydrogen-bond acceptors (Lipinski definition) is 4. The summed E-state index contributed by atoms with van der Waals surface area (Å²) in [6.07, 6.45) is 0.477. The Kier molecular flexibility index (Phi) is 6.42. The Labute approximate surface area is 152 Å². The van der Waals surface area contributed by atoms with Crippen LogP contribution in [0, 0.1) is 12.8 Å². The number of amides is 2. The minimum atomic E-state index is -0.932. The molecule has 2 atom stereocenters. The Balaban J connectivity index is 1.93. The van der Waals surface area contributed by atoms with Crippen LogP contribution in [0.3, 0.4) is 0 Å². The van der Waals surface area contributed by atoms with Crippen LogP contribution in [0.5, 0.6) is 0 Å². The van der Waals surface area contributed by atoms with Gasteiger partial charge in [-0.25, -0.2) is 0 Å². The second-order valence-corrected chi connectivity index (χ2v) is 6.77. The van der Waals surface area contributed by atoms with E-state index in [0.717, 1.165) is 12.0 Å². The molecule has 0 bridgehead atoms. The number of rotatable bonds is 4. The van der Waals surface area contributed by atoms with Gasteiger partial charge < -0.3 is 15.0 Å². The van der Waals surface area contributed by atoms with E-state index >= 15 is 0 Å². The van der Waals surface area contributed by atoms with Gasteiger partial charge >= 0.3 is 5.97 Å². The predicted octanol–water partition coefficient (Wildman–Crippen LogP) is 2.78. The summed E-state index contributed by atoms with van der Waals surface area (Å²) >= 11 is 5.94. The Morgan fingerprint density at radius 3 is 2.76 bits per heavy atom. The lowest BCUT2D eigenvalue weighted by molar-refractivity contribution is -0.159. The topological polar surface area (TPSA) is 75.7 Å². The van der Waals surface area contributed by atoms with Gasteiger partial charge in [-0.05, 0) is 44.4 Å². The van der Waals surface area contributed by atoms with Crippen LogP contribution >= 0.6 is 11.6 Å². The second-order valence-electron chi connectivity index (χ2n) is 6.33. The third kappa shape index (κ3) is 5.19. The monoisotopic (exact) mass is 366 g/mol. The van der Waals surface area contributed by atoms with Crippen LogP contribution in [-0.4, -0.2) is 41.9 Å². The van der Waals surface area contributed by atoms with E-state index in [9.17, 15) is 14.4 Å². The molecule has 1 aliphatic rings. The van der Waals surface area contributed by atoms with Crippen molar-refractivity contribution in [1.29, 1.82) is 0 Å². The van der Waals surface area contributed by atoms with Crippen LogP contribution in [0.4, 0.5) is 5.69 Å². The zero-order valence-corrected chi connectivity index (χ0v) is 15.4. The minimum Gasteiger partial charge on any atom is -0.452 e. The third-order valence-corrected chi connectivity index (χ3v) is 4.55. The molecule has 1 N–H and O–H groups in total. The summed E-state index contributed by atoms with van der Waals surface area (Å²) in [4.78, 5) is 37.7. The van der Waals surface area contributed by atoms with Gasteiger partial charge in [-0.1, -0.05) is 17.7 Å². The fourth-order valence-corrected chi connectivity index (χ4v) is 2.91. The molecule has 136 valence electrons. The van der Waals surface area contributed by atoms with Crippen molar-refractivity contribution in [2.45, 2.75) is 39.7 Å². The van der Waals surface area contributed by atoms with Gasteiger partial charge in [0.1, 0.15) is 0 Å². The minimum absolute atomic E-state index is 0.0558. The number of piperidine rings is 1. The van der Waals surface area contributed by atoms with Crippen molar-refractivity contribution >= 4 is 35.1 Å². The largest absolute Gasteiger partial charge is 0.452 e. The number of carbonyl (C=O) groups excluding carboxylic acids is 3. The summed E-state index contributed by atoms with van der Waals surface area (Å²) in [6.45, 7) is 5.86. The van der Waals surface area contributed by atoms with Crippen molar-refractivity contribution < 1.29 is 19.1 Å². The molecule has 1 aromatic rings. The average Bonchev–Trinajstić information content (AvgIpc) is 2.58. The SMILES string of the molecule is CC(=O)N1CCCC(C(=O)OC(C)C(=O)Nc2cc(Cl)ccc2C)C1. The van der Waals surface area contributed by atoms with Crippen LogP contribution in [0.1, 0.15) is 32.3 Å². The fourth-order valence-electron chi connectivity index (χ4n) is 2.74. The molecule has 6 nitrogen and oxygen atoms in total. The molecule has 1 saturated heterocycles. The summed E-state index contributed by atoms with van der Waals surface area (Å²) in [5.41, 5.74) is 1.45. The predicted molar refractivity (Wildman–Crippen MR) is 95.4 cm³/mol. The van der Waals surface area contributed by atoms with Gasteiger partial charge in [0.2, 0.25) is 5.91 Å². The number of carbonyl (C=O) groups is 3. The molecule has 1 aliphatic heterocycles. The maximum atomic E-state index is 12.3.